The van der Waals surface area contributed by atoms with Crippen LogP contribution in [0.2, 0.25) is 0 Å². The first-order chi connectivity index (χ1) is 11.8. The predicted molar refractivity (Wildman–Crippen MR) is 96.8 cm³/mol. The molecule has 0 atom stereocenters. The number of fused-ring (bicyclic) bond motifs is 1. The Hall–Kier alpha value is -2.73. The predicted octanol–water partition coefficient (Wildman–Crippen LogP) is 3.53. The molecular formula is C18H21N5O. The number of nitrogens with one attached hydrogen (secondary N) is 2. The van der Waals surface area contributed by atoms with E-state index in [1.807, 2.05) is 43.3 Å². The van der Waals surface area contributed by atoms with Crippen molar-refractivity contribution in [2.24, 2.45) is 0 Å². The largest absolute Gasteiger partial charge is 0.385 e. The van der Waals surface area contributed by atoms with Gasteiger partial charge in [-0.15, -0.1) is 0 Å². The lowest BCUT2D eigenvalue weighted by atomic mass is 10.2. The fourth-order valence-corrected chi connectivity index (χ4v) is 2.47. The summed E-state index contributed by atoms with van der Waals surface area (Å²) in [5.41, 5.74) is 2.75. The molecule has 6 nitrogen and oxygen atoms in total. The standard InChI is InChI=1S/C18H21N5O/c1-13-12-16(23-18(21-13)20-10-5-11-24-2)22-15-8-3-6-14-7-4-9-19-17(14)15/h3-4,6-9,12H,5,10-11H2,1-2H3,(H2,20,21,22,23). The van der Waals surface area contributed by atoms with Crippen molar-refractivity contribution < 1.29 is 4.74 Å². The Kier molecular flexibility index (Phi) is 5.18. The van der Waals surface area contributed by atoms with Crippen LogP contribution in [-0.4, -0.2) is 35.2 Å². The lowest BCUT2D eigenvalue weighted by Gasteiger charge is -2.11. The molecule has 0 saturated heterocycles. The van der Waals surface area contributed by atoms with E-state index in [0.29, 0.717) is 12.6 Å². The van der Waals surface area contributed by atoms with Crippen LogP contribution in [0.15, 0.2) is 42.6 Å². The Bertz CT molecular complexity index is 816. The van der Waals surface area contributed by atoms with E-state index in [9.17, 15) is 0 Å². The third-order valence-electron chi connectivity index (χ3n) is 3.56. The number of rotatable bonds is 7. The molecule has 3 rings (SSSR count). The molecule has 0 saturated carbocycles. The van der Waals surface area contributed by atoms with E-state index in [1.165, 1.54) is 0 Å². The van der Waals surface area contributed by atoms with Crippen LogP contribution >= 0.6 is 0 Å². The number of methoxy groups -OCH3 is 1. The number of hydrogen-bond acceptors (Lipinski definition) is 6. The molecule has 0 amide bonds. The quantitative estimate of drug-likeness (QED) is 0.648. The third kappa shape index (κ3) is 3.97. The topological polar surface area (TPSA) is 72.0 Å². The van der Waals surface area contributed by atoms with Crippen LogP contribution in [0.3, 0.4) is 0 Å². The second-order valence-corrected chi connectivity index (χ2v) is 5.50. The van der Waals surface area contributed by atoms with Crippen LogP contribution in [0.25, 0.3) is 10.9 Å². The monoisotopic (exact) mass is 323 g/mol. The van der Waals surface area contributed by atoms with Crippen molar-refractivity contribution in [3.05, 3.63) is 48.3 Å². The lowest BCUT2D eigenvalue weighted by molar-refractivity contribution is 0.197. The van der Waals surface area contributed by atoms with Gasteiger partial charge in [-0.1, -0.05) is 18.2 Å². The van der Waals surface area contributed by atoms with Gasteiger partial charge >= 0.3 is 0 Å². The fraction of sp³-hybridized carbons (Fsp3) is 0.278. The van der Waals surface area contributed by atoms with E-state index in [0.717, 1.165) is 41.1 Å². The van der Waals surface area contributed by atoms with Crippen LogP contribution in [0.1, 0.15) is 12.1 Å². The molecule has 0 fully saturated rings. The fourth-order valence-electron chi connectivity index (χ4n) is 2.47. The molecule has 2 N–H and O–H groups in total. The Balaban J connectivity index is 1.80. The summed E-state index contributed by atoms with van der Waals surface area (Å²) in [5.74, 6) is 1.36. The Labute approximate surface area is 141 Å². The van der Waals surface area contributed by atoms with Crippen molar-refractivity contribution in [2.45, 2.75) is 13.3 Å². The summed E-state index contributed by atoms with van der Waals surface area (Å²) in [7, 11) is 1.70. The number of para-hydroxylation sites is 1. The van der Waals surface area contributed by atoms with Crippen LogP contribution in [0, 0.1) is 6.92 Å². The molecule has 0 radical (unpaired) electrons. The van der Waals surface area contributed by atoms with Crippen LogP contribution in [0.5, 0.6) is 0 Å². The molecular weight excluding hydrogens is 302 g/mol. The van der Waals surface area contributed by atoms with Gasteiger partial charge in [0.25, 0.3) is 0 Å². The van der Waals surface area contributed by atoms with Gasteiger partial charge in [-0.2, -0.15) is 4.98 Å². The average molecular weight is 323 g/mol. The maximum atomic E-state index is 5.05. The van der Waals surface area contributed by atoms with Gasteiger partial charge in [0.15, 0.2) is 0 Å². The number of benzene rings is 1. The molecule has 0 aliphatic carbocycles. The van der Waals surface area contributed by atoms with Gasteiger partial charge in [0.05, 0.1) is 11.2 Å². The number of nitrogens with zero attached hydrogens (tertiary/aromatic N) is 3. The van der Waals surface area contributed by atoms with Crippen molar-refractivity contribution in [1.29, 1.82) is 0 Å². The summed E-state index contributed by atoms with van der Waals surface area (Å²) in [6.45, 7) is 3.44. The normalized spacial score (nSPS) is 10.8. The number of aryl methyl sites for hydroxylation is 1. The molecule has 6 heteroatoms. The van der Waals surface area contributed by atoms with Crippen LogP contribution in [0.4, 0.5) is 17.5 Å². The minimum Gasteiger partial charge on any atom is -0.385 e. The number of pyridine rings is 1. The number of anilines is 3. The Morgan fingerprint density at radius 3 is 2.88 bits per heavy atom. The zero-order chi connectivity index (χ0) is 16.8. The van der Waals surface area contributed by atoms with Gasteiger partial charge < -0.3 is 15.4 Å². The summed E-state index contributed by atoms with van der Waals surface area (Å²) in [4.78, 5) is 13.4. The summed E-state index contributed by atoms with van der Waals surface area (Å²) in [6.07, 6.45) is 2.70. The van der Waals surface area contributed by atoms with Crippen molar-refractivity contribution in [1.82, 2.24) is 15.0 Å². The summed E-state index contributed by atoms with van der Waals surface area (Å²) < 4.78 is 5.05. The van der Waals surface area contributed by atoms with Crippen LogP contribution in [-0.2, 0) is 4.74 Å². The highest BCUT2D eigenvalue weighted by Gasteiger charge is 2.06. The first kappa shape index (κ1) is 16.1. The smallest absolute Gasteiger partial charge is 0.224 e. The second-order valence-electron chi connectivity index (χ2n) is 5.50. The van der Waals surface area contributed by atoms with E-state index >= 15 is 0 Å². The minimum atomic E-state index is 0.613. The molecule has 24 heavy (non-hydrogen) atoms. The number of ether oxygens (including phenoxy) is 1. The molecule has 2 aromatic heterocycles. The van der Waals surface area contributed by atoms with Gasteiger partial charge in [0.2, 0.25) is 5.95 Å². The molecule has 124 valence electrons. The molecule has 1 aromatic carbocycles. The highest BCUT2D eigenvalue weighted by Crippen LogP contribution is 2.24. The van der Waals surface area contributed by atoms with E-state index in [2.05, 4.69) is 25.6 Å². The van der Waals surface area contributed by atoms with Crippen molar-refractivity contribution in [3.8, 4) is 0 Å². The van der Waals surface area contributed by atoms with Gasteiger partial charge in [0.1, 0.15) is 5.82 Å². The molecule has 2 heterocycles. The average Bonchev–Trinajstić information content (AvgIpc) is 2.59. The van der Waals surface area contributed by atoms with E-state index < -0.39 is 0 Å². The van der Waals surface area contributed by atoms with Crippen molar-refractivity contribution >= 4 is 28.4 Å². The van der Waals surface area contributed by atoms with E-state index in [-0.39, 0.29) is 0 Å². The Morgan fingerprint density at radius 1 is 1.12 bits per heavy atom. The van der Waals surface area contributed by atoms with Crippen molar-refractivity contribution in [2.75, 3.05) is 30.9 Å². The molecule has 0 unspecified atom stereocenters. The number of aromatic nitrogens is 3. The molecule has 0 aliphatic heterocycles. The molecule has 3 aromatic rings. The highest BCUT2D eigenvalue weighted by atomic mass is 16.5. The highest BCUT2D eigenvalue weighted by molar-refractivity contribution is 5.91. The van der Waals surface area contributed by atoms with Gasteiger partial charge in [0, 0.05) is 43.6 Å². The van der Waals surface area contributed by atoms with E-state index in [1.54, 1.807) is 13.3 Å². The third-order valence-corrected chi connectivity index (χ3v) is 3.56. The first-order valence-corrected chi connectivity index (χ1v) is 7.95. The van der Waals surface area contributed by atoms with Crippen molar-refractivity contribution in [3.63, 3.8) is 0 Å². The minimum absolute atomic E-state index is 0.613. The Morgan fingerprint density at radius 2 is 2.00 bits per heavy atom. The van der Waals surface area contributed by atoms with Gasteiger partial charge in [-0.3, -0.25) is 4.98 Å². The molecule has 0 spiro atoms. The van der Waals surface area contributed by atoms with Gasteiger partial charge in [-0.25, -0.2) is 4.98 Å². The van der Waals surface area contributed by atoms with E-state index in [4.69, 9.17) is 4.74 Å². The molecule has 0 aliphatic rings. The molecule has 0 bridgehead atoms. The van der Waals surface area contributed by atoms with Gasteiger partial charge in [-0.05, 0) is 25.5 Å². The summed E-state index contributed by atoms with van der Waals surface area (Å²) >= 11 is 0. The lowest BCUT2D eigenvalue weighted by Crippen LogP contribution is -2.09. The number of hydrogen-bond donors (Lipinski definition) is 2. The SMILES string of the molecule is COCCCNc1nc(C)cc(Nc2cccc3cccnc23)n1. The zero-order valence-corrected chi connectivity index (χ0v) is 13.9. The summed E-state index contributed by atoms with van der Waals surface area (Å²) in [6, 6.07) is 11.9. The first-order valence-electron chi connectivity index (χ1n) is 7.95. The van der Waals surface area contributed by atoms with Crippen LogP contribution < -0.4 is 10.6 Å². The summed E-state index contributed by atoms with van der Waals surface area (Å²) in [5, 5.41) is 7.67. The maximum Gasteiger partial charge on any atom is 0.224 e. The second kappa shape index (κ2) is 7.70. The zero-order valence-electron chi connectivity index (χ0n) is 13.9. The maximum absolute atomic E-state index is 5.05.